The Balaban J connectivity index is 1.64. The van der Waals surface area contributed by atoms with Crippen LogP contribution in [0.3, 0.4) is 0 Å². The lowest BCUT2D eigenvalue weighted by molar-refractivity contribution is -0.130. The summed E-state index contributed by atoms with van der Waals surface area (Å²) in [5, 5.41) is 0. The molecule has 1 heterocycles. The molecular formula is C31H61NO. The number of unbranched alkanes of at least 4 members (excludes halogenated alkanes) is 23. The minimum absolute atomic E-state index is 0.409. The third-order valence-corrected chi connectivity index (χ3v) is 7.70. The van der Waals surface area contributed by atoms with E-state index in [1.54, 1.807) is 0 Å². The number of carbonyl (C=O) groups excluding carboxylic acids is 1. The summed E-state index contributed by atoms with van der Waals surface area (Å²) in [6.45, 7) is 4.32. The van der Waals surface area contributed by atoms with Crippen molar-refractivity contribution in [1.82, 2.24) is 4.90 Å². The molecule has 0 saturated carbocycles. The molecule has 0 spiro atoms. The van der Waals surface area contributed by atoms with Gasteiger partial charge >= 0.3 is 0 Å². The molecule has 0 atom stereocenters. The third-order valence-electron chi connectivity index (χ3n) is 7.70. The maximum Gasteiger partial charge on any atom is 0.222 e. The second-order valence-corrected chi connectivity index (χ2v) is 11.0. The van der Waals surface area contributed by atoms with E-state index in [9.17, 15) is 4.79 Å². The van der Waals surface area contributed by atoms with Crippen LogP contribution in [-0.4, -0.2) is 23.9 Å². The lowest BCUT2D eigenvalue weighted by Crippen LogP contribution is -2.27. The molecule has 0 aromatic rings. The highest BCUT2D eigenvalue weighted by Crippen LogP contribution is 2.16. The molecule has 1 amide bonds. The monoisotopic (exact) mass is 463 g/mol. The first-order valence-electron chi connectivity index (χ1n) is 15.6. The Kier molecular flexibility index (Phi) is 22.7. The predicted octanol–water partition coefficient (Wildman–Crippen LogP) is 10.4. The molecule has 0 aliphatic carbocycles. The molecule has 0 unspecified atom stereocenters. The first-order chi connectivity index (χ1) is 16.3. The van der Waals surface area contributed by atoms with Crippen LogP contribution in [0.1, 0.15) is 180 Å². The molecule has 1 saturated heterocycles. The van der Waals surface area contributed by atoms with Gasteiger partial charge in [-0.25, -0.2) is 0 Å². The van der Waals surface area contributed by atoms with Crippen LogP contribution in [0.4, 0.5) is 0 Å². The summed E-state index contributed by atoms with van der Waals surface area (Å²) in [5.74, 6) is 0.409. The first kappa shape index (κ1) is 30.5. The number of hydrogen-bond donors (Lipinski definition) is 0. The fourth-order valence-corrected chi connectivity index (χ4v) is 5.36. The zero-order chi connectivity index (χ0) is 23.7. The molecule has 0 bridgehead atoms. The average Bonchev–Trinajstić information content (AvgIpc) is 3.37. The van der Waals surface area contributed by atoms with Gasteiger partial charge in [-0.3, -0.25) is 4.79 Å². The second-order valence-electron chi connectivity index (χ2n) is 11.0. The van der Waals surface area contributed by atoms with Crippen molar-refractivity contribution < 1.29 is 4.79 Å². The maximum absolute atomic E-state index is 12.0. The van der Waals surface area contributed by atoms with Gasteiger partial charge < -0.3 is 4.90 Å². The Bertz CT molecular complexity index is 402. The van der Waals surface area contributed by atoms with Gasteiger partial charge in [0.2, 0.25) is 5.91 Å². The standard InChI is InChI=1S/C31H61NO/c1-2-3-4-5-6-7-8-9-10-11-12-13-14-15-16-17-18-19-20-21-22-23-24-25-28-31(33)32-29-26-27-30-32/h2-30H2,1H3. The Labute approximate surface area is 209 Å². The minimum Gasteiger partial charge on any atom is -0.343 e. The summed E-state index contributed by atoms with van der Waals surface area (Å²) < 4.78 is 0. The van der Waals surface area contributed by atoms with E-state index in [-0.39, 0.29) is 0 Å². The normalized spacial score (nSPS) is 13.8. The van der Waals surface area contributed by atoms with E-state index in [0.717, 1.165) is 25.9 Å². The lowest BCUT2D eigenvalue weighted by atomic mass is 10.0. The zero-order valence-corrected chi connectivity index (χ0v) is 22.9. The molecule has 0 aromatic heterocycles. The molecule has 1 fully saturated rings. The first-order valence-corrected chi connectivity index (χ1v) is 15.6. The average molecular weight is 464 g/mol. The highest BCUT2D eigenvalue weighted by molar-refractivity contribution is 5.76. The van der Waals surface area contributed by atoms with Gasteiger partial charge in [0.15, 0.2) is 0 Å². The van der Waals surface area contributed by atoms with Crippen LogP contribution in [-0.2, 0) is 4.79 Å². The number of nitrogens with zero attached hydrogens (tertiary/aromatic N) is 1. The number of carbonyl (C=O) groups is 1. The third kappa shape index (κ3) is 20.5. The number of hydrogen-bond acceptors (Lipinski definition) is 1. The number of likely N-dealkylation sites (tertiary alicyclic amines) is 1. The van der Waals surface area contributed by atoms with Crippen molar-refractivity contribution in [3.63, 3.8) is 0 Å². The zero-order valence-electron chi connectivity index (χ0n) is 22.9. The summed E-state index contributed by atoms with van der Waals surface area (Å²) in [5.41, 5.74) is 0. The van der Waals surface area contributed by atoms with Gasteiger partial charge in [-0.05, 0) is 19.3 Å². The molecule has 0 N–H and O–H groups in total. The summed E-state index contributed by atoms with van der Waals surface area (Å²) in [6, 6.07) is 0. The van der Waals surface area contributed by atoms with Crippen molar-refractivity contribution in [2.45, 2.75) is 180 Å². The van der Waals surface area contributed by atoms with Crippen molar-refractivity contribution in [3.8, 4) is 0 Å². The molecular weight excluding hydrogens is 402 g/mol. The van der Waals surface area contributed by atoms with Gasteiger partial charge in [-0.15, -0.1) is 0 Å². The van der Waals surface area contributed by atoms with Gasteiger partial charge in [0, 0.05) is 19.5 Å². The van der Waals surface area contributed by atoms with Crippen molar-refractivity contribution in [3.05, 3.63) is 0 Å². The van der Waals surface area contributed by atoms with Crippen LogP contribution in [0.25, 0.3) is 0 Å². The Hall–Kier alpha value is -0.530. The van der Waals surface area contributed by atoms with Gasteiger partial charge in [-0.2, -0.15) is 0 Å². The van der Waals surface area contributed by atoms with E-state index in [0.29, 0.717) is 5.91 Å². The second kappa shape index (κ2) is 24.6. The van der Waals surface area contributed by atoms with Crippen LogP contribution >= 0.6 is 0 Å². The molecule has 2 nitrogen and oxygen atoms in total. The number of rotatable bonds is 25. The SMILES string of the molecule is CCCCCCCCCCCCCCCCCCCCCCCCCCC(=O)N1CCCC1. The van der Waals surface area contributed by atoms with E-state index in [4.69, 9.17) is 0 Å². The largest absolute Gasteiger partial charge is 0.343 e. The van der Waals surface area contributed by atoms with Gasteiger partial charge in [0.05, 0.1) is 0 Å². The Morgan fingerprint density at radius 3 is 1.03 bits per heavy atom. The molecule has 2 heteroatoms. The molecule has 196 valence electrons. The maximum atomic E-state index is 12.0. The number of amides is 1. The van der Waals surface area contributed by atoms with Crippen molar-refractivity contribution >= 4 is 5.91 Å². The summed E-state index contributed by atoms with van der Waals surface area (Å²) >= 11 is 0. The summed E-state index contributed by atoms with van der Waals surface area (Å²) in [6.07, 6.45) is 37.4. The van der Waals surface area contributed by atoms with E-state index in [1.807, 2.05) is 0 Å². The van der Waals surface area contributed by atoms with E-state index >= 15 is 0 Å². The molecule has 33 heavy (non-hydrogen) atoms. The fraction of sp³-hybridized carbons (Fsp3) is 0.968. The Morgan fingerprint density at radius 2 is 0.727 bits per heavy atom. The van der Waals surface area contributed by atoms with E-state index < -0.39 is 0 Å². The van der Waals surface area contributed by atoms with Crippen LogP contribution in [0, 0.1) is 0 Å². The van der Waals surface area contributed by atoms with Gasteiger partial charge in [0.25, 0.3) is 0 Å². The van der Waals surface area contributed by atoms with E-state index in [1.165, 1.54) is 161 Å². The molecule has 1 aliphatic rings. The van der Waals surface area contributed by atoms with Crippen LogP contribution in [0.5, 0.6) is 0 Å². The Morgan fingerprint density at radius 1 is 0.455 bits per heavy atom. The van der Waals surface area contributed by atoms with E-state index in [2.05, 4.69) is 11.8 Å². The van der Waals surface area contributed by atoms with Crippen LogP contribution in [0.15, 0.2) is 0 Å². The predicted molar refractivity (Wildman–Crippen MR) is 147 cm³/mol. The molecule has 0 aromatic carbocycles. The fourth-order valence-electron chi connectivity index (χ4n) is 5.36. The van der Waals surface area contributed by atoms with Crippen LogP contribution in [0.2, 0.25) is 0 Å². The van der Waals surface area contributed by atoms with Gasteiger partial charge in [-0.1, -0.05) is 155 Å². The summed E-state index contributed by atoms with van der Waals surface area (Å²) in [4.78, 5) is 14.1. The molecule has 0 radical (unpaired) electrons. The van der Waals surface area contributed by atoms with Crippen molar-refractivity contribution in [2.75, 3.05) is 13.1 Å². The quantitative estimate of drug-likeness (QED) is 0.123. The molecule has 1 aliphatic heterocycles. The summed E-state index contributed by atoms with van der Waals surface area (Å²) in [7, 11) is 0. The highest BCUT2D eigenvalue weighted by atomic mass is 16.2. The lowest BCUT2D eigenvalue weighted by Gasteiger charge is -2.14. The highest BCUT2D eigenvalue weighted by Gasteiger charge is 2.16. The van der Waals surface area contributed by atoms with Crippen LogP contribution < -0.4 is 0 Å². The van der Waals surface area contributed by atoms with Crippen molar-refractivity contribution in [1.29, 1.82) is 0 Å². The topological polar surface area (TPSA) is 20.3 Å². The minimum atomic E-state index is 0.409. The van der Waals surface area contributed by atoms with Gasteiger partial charge in [0.1, 0.15) is 0 Å². The van der Waals surface area contributed by atoms with Crippen molar-refractivity contribution in [2.24, 2.45) is 0 Å². The smallest absolute Gasteiger partial charge is 0.222 e. The molecule has 1 rings (SSSR count).